The van der Waals surface area contributed by atoms with Crippen LogP contribution in [0.3, 0.4) is 0 Å². The van der Waals surface area contributed by atoms with E-state index in [1.54, 1.807) is 5.19 Å². The molecule has 0 spiro atoms. The molecule has 0 bridgehead atoms. The first-order chi connectivity index (χ1) is 9.76. The highest BCUT2D eigenvalue weighted by Crippen LogP contribution is 2.60. The van der Waals surface area contributed by atoms with E-state index >= 15 is 0 Å². The standard InChI is InChI=1S/C19H26Si/c1-3-13-19(20-17-10-5-4-6-11-17)15(2)14-16-9-7-8-12-18(16)19/h4-8,10-12,15-16H,3,9,13-14,20H2,1-2H3. The van der Waals surface area contributed by atoms with Crippen LogP contribution in [0, 0.1) is 11.8 Å². The van der Waals surface area contributed by atoms with Crippen molar-refractivity contribution in [2.75, 3.05) is 0 Å². The number of hydrogen-bond acceptors (Lipinski definition) is 0. The summed E-state index contributed by atoms with van der Waals surface area (Å²) in [6, 6.07) is 11.3. The lowest BCUT2D eigenvalue weighted by atomic mass is 9.85. The second-order valence-electron chi connectivity index (χ2n) is 6.69. The number of fused-ring (bicyclic) bond motifs is 1. The van der Waals surface area contributed by atoms with E-state index in [0.29, 0.717) is 5.04 Å². The van der Waals surface area contributed by atoms with Crippen molar-refractivity contribution >= 4 is 14.7 Å². The highest BCUT2D eigenvalue weighted by Gasteiger charge is 2.48. The van der Waals surface area contributed by atoms with E-state index in [4.69, 9.17) is 0 Å². The van der Waals surface area contributed by atoms with Gasteiger partial charge >= 0.3 is 0 Å². The van der Waals surface area contributed by atoms with Crippen molar-refractivity contribution in [3.63, 3.8) is 0 Å². The highest BCUT2D eigenvalue weighted by atomic mass is 28.2. The predicted octanol–water partition coefficient (Wildman–Crippen LogP) is 3.98. The molecule has 0 radical (unpaired) electrons. The van der Waals surface area contributed by atoms with E-state index in [1.165, 1.54) is 25.7 Å². The topological polar surface area (TPSA) is 0 Å². The number of hydrogen-bond donors (Lipinski definition) is 0. The molecule has 106 valence electrons. The molecule has 1 saturated carbocycles. The van der Waals surface area contributed by atoms with Gasteiger partial charge in [-0.2, -0.15) is 0 Å². The minimum Gasteiger partial charge on any atom is -0.0839 e. The Morgan fingerprint density at radius 1 is 1.25 bits per heavy atom. The molecule has 0 aliphatic heterocycles. The zero-order chi connectivity index (χ0) is 14.0. The molecule has 2 aliphatic carbocycles. The first-order valence-corrected chi connectivity index (χ1v) is 9.59. The van der Waals surface area contributed by atoms with E-state index < -0.39 is 0 Å². The smallest absolute Gasteiger partial charge is 0.0662 e. The van der Waals surface area contributed by atoms with Crippen LogP contribution in [0.5, 0.6) is 0 Å². The number of rotatable bonds is 4. The summed E-state index contributed by atoms with van der Waals surface area (Å²) in [5.41, 5.74) is 1.81. The molecule has 20 heavy (non-hydrogen) atoms. The van der Waals surface area contributed by atoms with Gasteiger partial charge in [-0.05, 0) is 36.1 Å². The lowest BCUT2D eigenvalue weighted by Crippen LogP contribution is -2.33. The minimum absolute atomic E-state index is 0.268. The van der Waals surface area contributed by atoms with Crippen LogP contribution in [-0.2, 0) is 0 Å². The second-order valence-corrected chi connectivity index (χ2v) is 9.12. The molecule has 2 aliphatic rings. The molecule has 1 aromatic rings. The van der Waals surface area contributed by atoms with Gasteiger partial charge in [-0.1, -0.05) is 79.6 Å². The van der Waals surface area contributed by atoms with Crippen molar-refractivity contribution in [3.05, 3.63) is 54.1 Å². The van der Waals surface area contributed by atoms with E-state index in [1.807, 2.05) is 5.57 Å². The zero-order valence-corrected chi connectivity index (χ0v) is 14.2. The Morgan fingerprint density at radius 3 is 2.80 bits per heavy atom. The maximum atomic E-state index is 2.52. The minimum atomic E-state index is -0.268. The van der Waals surface area contributed by atoms with Crippen molar-refractivity contribution in [2.24, 2.45) is 11.8 Å². The average molecular weight is 283 g/mol. The molecule has 1 heteroatoms. The largest absolute Gasteiger partial charge is 0.0839 e. The maximum Gasteiger partial charge on any atom is 0.0662 e. The van der Waals surface area contributed by atoms with Crippen molar-refractivity contribution in [2.45, 2.75) is 44.6 Å². The van der Waals surface area contributed by atoms with E-state index in [2.05, 4.69) is 62.4 Å². The van der Waals surface area contributed by atoms with Crippen molar-refractivity contribution in [1.29, 1.82) is 0 Å². The van der Waals surface area contributed by atoms with Crippen molar-refractivity contribution in [1.82, 2.24) is 0 Å². The van der Waals surface area contributed by atoms with Crippen LogP contribution in [0.25, 0.3) is 0 Å². The molecule has 0 nitrogen and oxygen atoms in total. The lowest BCUT2D eigenvalue weighted by molar-refractivity contribution is 0.438. The zero-order valence-electron chi connectivity index (χ0n) is 12.8. The van der Waals surface area contributed by atoms with Gasteiger partial charge in [0, 0.05) is 0 Å². The molecule has 3 atom stereocenters. The third kappa shape index (κ3) is 2.33. The van der Waals surface area contributed by atoms with Crippen molar-refractivity contribution < 1.29 is 0 Å². The Kier molecular flexibility index (Phi) is 3.98. The van der Waals surface area contributed by atoms with E-state index in [9.17, 15) is 0 Å². The second kappa shape index (κ2) is 5.73. The summed E-state index contributed by atoms with van der Waals surface area (Å²) in [4.78, 5) is 0. The highest BCUT2D eigenvalue weighted by molar-refractivity contribution is 6.58. The van der Waals surface area contributed by atoms with Crippen LogP contribution in [-0.4, -0.2) is 9.52 Å². The lowest BCUT2D eigenvalue weighted by Gasteiger charge is -2.36. The number of allylic oxidation sites excluding steroid dienone is 4. The van der Waals surface area contributed by atoms with E-state index in [-0.39, 0.29) is 9.52 Å². The molecular weight excluding hydrogens is 256 g/mol. The van der Waals surface area contributed by atoms with Crippen LogP contribution < -0.4 is 5.19 Å². The molecule has 0 saturated heterocycles. The van der Waals surface area contributed by atoms with Gasteiger partial charge in [0.2, 0.25) is 0 Å². The van der Waals surface area contributed by atoms with Gasteiger partial charge in [-0.3, -0.25) is 0 Å². The SMILES string of the molecule is CCCC1([SiH2]c2ccccc2)C2=CC=CCC2CC1C. The van der Waals surface area contributed by atoms with Gasteiger partial charge in [0.25, 0.3) is 0 Å². The summed E-state index contributed by atoms with van der Waals surface area (Å²) in [6.45, 7) is 4.88. The van der Waals surface area contributed by atoms with Crippen LogP contribution in [0.4, 0.5) is 0 Å². The summed E-state index contributed by atoms with van der Waals surface area (Å²) in [7, 11) is -0.268. The quantitative estimate of drug-likeness (QED) is 0.733. The first-order valence-electron chi connectivity index (χ1n) is 8.17. The summed E-state index contributed by atoms with van der Waals surface area (Å²) in [5.74, 6) is 1.71. The predicted molar refractivity (Wildman–Crippen MR) is 91.3 cm³/mol. The fourth-order valence-corrected chi connectivity index (χ4v) is 7.46. The van der Waals surface area contributed by atoms with Gasteiger partial charge < -0.3 is 0 Å². The third-order valence-corrected chi connectivity index (χ3v) is 8.46. The van der Waals surface area contributed by atoms with Crippen LogP contribution >= 0.6 is 0 Å². The van der Waals surface area contributed by atoms with Gasteiger partial charge in [-0.15, -0.1) is 0 Å². The molecule has 0 aromatic heterocycles. The fraction of sp³-hybridized carbons (Fsp3) is 0.474. The van der Waals surface area contributed by atoms with Crippen LogP contribution in [0.15, 0.2) is 54.1 Å². The molecule has 1 aromatic carbocycles. The molecular formula is C19H26Si. The van der Waals surface area contributed by atoms with Crippen LogP contribution in [0.2, 0.25) is 5.04 Å². The number of benzene rings is 1. The molecule has 1 fully saturated rings. The van der Waals surface area contributed by atoms with E-state index in [0.717, 1.165) is 11.8 Å². The van der Waals surface area contributed by atoms with Crippen LogP contribution in [0.1, 0.15) is 39.5 Å². The fourth-order valence-electron chi connectivity index (χ4n) is 4.57. The average Bonchev–Trinajstić information content (AvgIpc) is 2.74. The Morgan fingerprint density at radius 2 is 2.05 bits per heavy atom. The molecule has 0 heterocycles. The summed E-state index contributed by atoms with van der Waals surface area (Å²) < 4.78 is 0. The maximum absolute atomic E-state index is 2.52. The summed E-state index contributed by atoms with van der Waals surface area (Å²) >= 11 is 0. The molecule has 0 amide bonds. The Labute approximate surface area is 125 Å². The monoisotopic (exact) mass is 282 g/mol. The van der Waals surface area contributed by atoms with Gasteiger partial charge in [-0.25, -0.2) is 0 Å². The molecule has 3 rings (SSSR count). The van der Waals surface area contributed by atoms with Gasteiger partial charge in [0.1, 0.15) is 0 Å². The first kappa shape index (κ1) is 13.9. The summed E-state index contributed by atoms with van der Waals surface area (Å²) in [5, 5.41) is 2.19. The Hall–Kier alpha value is -1.08. The molecule has 3 unspecified atom stereocenters. The van der Waals surface area contributed by atoms with Crippen molar-refractivity contribution in [3.8, 4) is 0 Å². The Bertz CT molecular complexity index is 514. The van der Waals surface area contributed by atoms with Gasteiger partial charge in [0.05, 0.1) is 9.52 Å². The summed E-state index contributed by atoms with van der Waals surface area (Å²) in [6.07, 6.45) is 12.6. The third-order valence-electron chi connectivity index (χ3n) is 5.49. The molecule has 0 N–H and O–H groups in total. The normalized spacial score (nSPS) is 32.6. The Balaban J connectivity index is 1.98. The van der Waals surface area contributed by atoms with Gasteiger partial charge in [0.15, 0.2) is 0 Å².